The maximum atomic E-state index is 15.3. The number of hydrogen-bond donors (Lipinski definition) is 4. The summed E-state index contributed by atoms with van der Waals surface area (Å²) in [6, 6.07) is 96.2. The minimum atomic E-state index is -0.226. The van der Waals surface area contributed by atoms with Crippen LogP contribution in [-0.4, -0.2) is 45.7 Å². The highest BCUT2D eigenvalue weighted by Crippen LogP contribution is 2.43. The van der Waals surface area contributed by atoms with Crippen molar-refractivity contribution < 1.29 is 4.79 Å². The first-order chi connectivity index (χ1) is 50.5. The van der Waals surface area contributed by atoms with Crippen LogP contribution in [-0.2, 0) is 4.79 Å². The normalized spacial score (nSPS) is 12.3. The molecule has 9 nitrogen and oxygen atoms in total. The molecule has 4 aliphatic heterocycles. The van der Waals surface area contributed by atoms with Gasteiger partial charge in [0.15, 0.2) is 5.78 Å². The van der Waals surface area contributed by atoms with Gasteiger partial charge in [0.05, 0.1) is 56.6 Å². The quantitative estimate of drug-likeness (QED) is 0.0905. The number of carbonyl (C=O) groups excluding carboxylic acids is 1. The van der Waals surface area contributed by atoms with E-state index in [0.29, 0.717) is 0 Å². The van der Waals surface area contributed by atoms with Crippen molar-refractivity contribution in [3.63, 3.8) is 0 Å². The standard InChI is InChI=1S/C93H62N8O/c102-69(43-41-67-57-82-88(63-33-17-5-18-34-63)78-51-49-74(96-78)84(59-25-9-1-10-26-59)70-45-47-72(94-70)86(61-29-13-3-14-30-61)76-53-55-80(98-76)90(92(67)100-82)65-37-21-7-22-38-65)44-42-68-58-83-89(64-35-19-6-20-36-64)79-52-50-75(97-79)85(60-27-11-2-12-28-60)71-46-48-73(95-71)87(62-31-15-4-16-32-62)77-54-56-81(99-77)91(93(68)101-83)66-39-23-8-24-40-66/h1-58,94-95,100-101H. The summed E-state index contributed by atoms with van der Waals surface area (Å²) in [5.74, 6) is -0.226. The Balaban J connectivity index is 0.881. The molecule has 0 unspecified atom stereocenters. The van der Waals surface area contributed by atoms with Gasteiger partial charge in [-0.2, -0.15) is 0 Å². The molecule has 0 fully saturated rings. The number of hydrogen-bond acceptors (Lipinski definition) is 5. The first kappa shape index (κ1) is 60.5. The van der Waals surface area contributed by atoms with Gasteiger partial charge >= 0.3 is 0 Å². The van der Waals surface area contributed by atoms with E-state index in [1.165, 1.54) is 0 Å². The van der Waals surface area contributed by atoms with Gasteiger partial charge in [0.25, 0.3) is 0 Å². The van der Waals surface area contributed by atoms with E-state index < -0.39 is 0 Å². The molecule has 18 rings (SSSR count). The molecule has 0 aliphatic carbocycles. The van der Waals surface area contributed by atoms with Gasteiger partial charge in [-0.25, -0.2) is 19.9 Å². The molecule has 0 saturated carbocycles. The Labute approximate surface area is 588 Å². The van der Waals surface area contributed by atoms with Crippen molar-refractivity contribution in [1.29, 1.82) is 0 Å². The third-order valence-electron chi connectivity index (χ3n) is 19.1. The summed E-state index contributed by atoms with van der Waals surface area (Å²) in [5, 5.41) is 0. The molecular formula is C93H62N8O. The minimum Gasteiger partial charge on any atom is -0.354 e. The molecule has 10 heterocycles. The van der Waals surface area contributed by atoms with Gasteiger partial charge in [-0.05, 0) is 154 Å². The maximum absolute atomic E-state index is 15.3. The molecule has 480 valence electrons. The van der Waals surface area contributed by atoms with Crippen molar-refractivity contribution in [2.24, 2.45) is 0 Å². The smallest absolute Gasteiger partial charge is 0.178 e. The summed E-state index contributed by atoms with van der Waals surface area (Å²) < 4.78 is 0. The zero-order valence-electron chi connectivity index (χ0n) is 55.2. The van der Waals surface area contributed by atoms with E-state index in [1.54, 1.807) is 12.2 Å². The van der Waals surface area contributed by atoms with Crippen LogP contribution in [0.15, 0.2) is 291 Å². The summed E-state index contributed by atoms with van der Waals surface area (Å²) in [6.07, 6.45) is 24.1. The lowest BCUT2D eigenvalue weighted by Crippen LogP contribution is -1.90. The fourth-order valence-corrected chi connectivity index (χ4v) is 14.5. The average Bonchev–Trinajstić information content (AvgIpc) is 1.61. The maximum Gasteiger partial charge on any atom is 0.178 e. The number of nitrogens with zero attached hydrogens (tertiary/aromatic N) is 4. The Morgan fingerprint density at radius 2 is 0.422 bits per heavy atom. The van der Waals surface area contributed by atoms with E-state index in [-0.39, 0.29) is 5.78 Å². The molecule has 16 bridgehead atoms. The molecule has 9 heteroatoms. The topological polar surface area (TPSA) is 132 Å². The molecule has 14 aromatic rings. The molecule has 0 atom stereocenters. The van der Waals surface area contributed by atoms with Crippen LogP contribution >= 0.6 is 0 Å². The SMILES string of the molecule is O=C(C=Cc1cc2[nH]c1c(-c1ccccc1)c1nc(c(-c3ccccc3)c3ccc([nH]3)c(-c3ccccc3)c3nc(c2-c2ccccc2)C=C3)C=C1)C=Cc1cc2[nH]c1c(-c1ccccc1)c1nc(c(-c3ccccc3)c3ccc([nH]3)c(-c3ccccc3)c3nc(c2-c2ccccc2)C=C3)C=C1. The van der Waals surface area contributed by atoms with Crippen LogP contribution in [0.3, 0.4) is 0 Å². The predicted molar refractivity (Wildman–Crippen MR) is 424 cm³/mol. The van der Waals surface area contributed by atoms with Crippen molar-refractivity contribution in [2.75, 3.05) is 0 Å². The van der Waals surface area contributed by atoms with Crippen LogP contribution in [0, 0.1) is 0 Å². The van der Waals surface area contributed by atoms with Crippen molar-refractivity contribution >= 4 is 111 Å². The van der Waals surface area contributed by atoms with Gasteiger partial charge in [-0.1, -0.05) is 243 Å². The molecule has 8 aromatic carbocycles. The lowest BCUT2D eigenvalue weighted by molar-refractivity contribution is -0.110. The lowest BCUT2D eigenvalue weighted by atomic mass is 10.0. The first-order valence-electron chi connectivity index (χ1n) is 34.2. The number of carbonyl (C=O) groups is 1. The molecule has 4 N–H and O–H groups in total. The number of nitrogens with one attached hydrogen (secondary N) is 4. The Kier molecular flexibility index (Phi) is 15.5. The Hall–Kier alpha value is -13.9. The summed E-state index contributed by atoms with van der Waals surface area (Å²) in [6.45, 7) is 0. The van der Waals surface area contributed by atoms with Gasteiger partial charge in [0.1, 0.15) is 0 Å². The Bertz CT molecular complexity index is 5820. The van der Waals surface area contributed by atoms with Crippen molar-refractivity contribution in [1.82, 2.24) is 39.9 Å². The molecule has 0 spiro atoms. The highest BCUT2D eigenvalue weighted by atomic mass is 16.1. The average molecular weight is 1310 g/mol. The van der Waals surface area contributed by atoms with Crippen LogP contribution in [0.4, 0.5) is 0 Å². The van der Waals surface area contributed by atoms with E-state index in [1.807, 2.05) is 60.7 Å². The van der Waals surface area contributed by atoms with Gasteiger partial charge in [0.2, 0.25) is 0 Å². The highest BCUT2D eigenvalue weighted by Gasteiger charge is 2.24. The number of allylic oxidation sites excluding steroid dienone is 2. The number of H-pyrrole nitrogens is 4. The fourth-order valence-electron chi connectivity index (χ4n) is 14.5. The Morgan fingerprint density at radius 3 is 0.647 bits per heavy atom. The van der Waals surface area contributed by atoms with Crippen LogP contribution in [0.1, 0.15) is 56.7 Å². The number of aromatic nitrogens is 8. The van der Waals surface area contributed by atoms with Crippen LogP contribution < -0.4 is 0 Å². The van der Waals surface area contributed by atoms with Gasteiger partial charge in [-0.15, -0.1) is 0 Å². The summed E-state index contributed by atoms with van der Waals surface area (Å²) in [4.78, 5) is 53.3. The largest absolute Gasteiger partial charge is 0.354 e. The van der Waals surface area contributed by atoms with Gasteiger partial charge in [0, 0.05) is 88.7 Å². The third kappa shape index (κ3) is 11.4. The first-order valence-corrected chi connectivity index (χ1v) is 34.2. The molecular weight excluding hydrogens is 1250 g/mol. The minimum absolute atomic E-state index is 0.226. The summed E-state index contributed by atoms with van der Waals surface area (Å²) >= 11 is 0. The zero-order valence-corrected chi connectivity index (χ0v) is 55.2. The van der Waals surface area contributed by atoms with Crippen LogP contribution in [0.5, 0.6) is 0 Å². The number of fused-ring (bicyclic) bond motifs is 16. The third-order valence-corrected chi connectivity index (χ3v) is 19.1. The second-order valence-corrected chi connectivity index (χ2v) is 25.5. The lowest BCUT2D eigenvalue weighted by Gasteiger charge is -2.07. The molecule has 4 aliphatic rings. The number of rotatable bonds is 12. The molecule has 0 radical (unpaired) electrons. The summed E-state index contributed by atoms with van der Waals surface area (Å²) in [7, 11) is 0. The second kappa shape index (κ2) is 26.2. The fraction of sp³-hybridized carbons (Fsp3) is 0. The zero-order chi connectivity index (χ0) is 67.9. The van der Waals surface area contributed by atoms with Crippen molar-refractivity contribution in [3.8, 4) is 89.0 Å². The highest BCUT2D eigenvalue weighted by molar-refractivity contribution is 6.10. The molecule has 6 aromatic heterocycles. The Morgan fingerprint density at radius 1 is 0.225 bits per heavy atom. The van der Waals surface area contributed by atoms with Crippen LogP contribution in [0.25, 0.3) is 194 Å². The molecule has 0 saturated heterocycles. The predicted octanol–water partition coefficient (Wildman–Crippen LogP) is 23.3. The summed E-state index contributed by atoms with van der Waals surface area (Å²) in [5.41, 5.74) is 30.0. The van der Waals surface area contributed by atoms with Gasteiger partial charge in [-0.3, -0.25) is 4.79 Å². The van der Waals surface area contributed by atoms with Gasteiger partial charge < -0.3 is 19.9 Å². The van der Waals surface area contributed by atoms with E-state index in [4.69, 9.17) is 19.9 Å². The molecule has 102 heavy (non-hydrogen) atoms. The number of aromatic amines is 4. The second-order valence-electron chi connectivity index (χ2n) is 25.5. The van der Waals surface area contributed by atoms with E-state index in [2.05, 4.69) is 299 Å². The number of benzene rings is 8. The monoisotopic (exact) mass is 1310 g/mol. The molecule has 0 amide bonds. The van der Waals surface area contributed by atoms with E-state index in [9.17, 15) is 0 Å². The number of ketones is 1. The van der Waals surface area contributed by atoms with Crippen LogP contribution in [0.2, 0.25) is 0 Å². The van der Waals surface area contributed by atoms with Crippen molar-refractivity contribution in [2.45, 2.75) is 0 Å². The van der Waals surface area contributed by atoms with E-state index >= 15 is 4.79 Å². The van der Waals surface area contributed by atoms with E-state index in [0.717, 1.165) is 190 Å². The van der Waals surface area contributed by atoms with Crippen molar-refractivity contribution in [3.05, 3.63) is 348 Å².